The Labute approximate surface area is 181 Å². The van der Waals surface area contributed by atoms with Crippen molar-refractivity contribution in [2.45, 2.75) is 57.4 Å². The number of benzene rings is 1. The number of ether oxygens (including phenoxy) is 1. The van der Waals surface area contributed by atoms with Crippen LogP contribution in [0.1, 0.15) is 39.2 Å². The molecule has 0 radical (unpaired) electrons. The fraction of sp³-hybridized carbons (Fsp3) is 0.545. The molecular formula is C22H30N2O5S. The zero-order chi connectivity index (χ0) is 22.3. The lowest BCUT2D eigenvalue weighted by Crippen LogP contribution is -2.55. The fourth-order valence-corrected chi connectivity index (χ4v) is 4.42. The van der Waals surface area contributed by atoms with Crippen LogP contribution < -0.4 is 5.32 Å². The monoisotopic (exact) mass is 434 g/mol. The number of thioether (sulfide) groups is 1. The maximum absolute atomic E-state index is 13.2. The molecule has 0 aliphatic carbocycles. The zero-order valence-electron chi connectivity index (χ0n) is 17.9. The highest BCUT2D eigenvalue weighted by Gasteiger charge is 2.39. The van der Waals surface area contributed by atoms with Crippen molar-refractivity contribution in [3.8, 4) is 0 Å². The van der Waals surface area contributed by atoms with E-state index in [0.717, 1.165) is 17.3 Å². The number of rotatable bonds is 8. The summed E-state index contributed by atoms with van der Waals surface area (Å²) in [5.74, 6) is -1.28. The average molecular weight is 435 g/mol. The molecule has 2 amide bonds. The maximum atomic E-state index is 13.2. The van der Waals surface area contributed by atoms with Crippen LogP contribution in [0, 0.1) is 5.92 Å². The third kappa shape index (κ3) is 6.32. The van der Waals surface area contributed by atoms with Gasteiger partial charge < -0.3 is 15.0 Å². The Bertz CT molecular complexity index is 768. The standard InChI is InChI=1S/C22H30N2O5S/c1-14(2)19(21(27)24-12-8-11-17(24)22(28)29-4)23-20(26)18(30-15(3)25)13-16-9-6-5-7-10-16/h5-7,9-10,14,17-19H,8,11-13H2,1-4H3,(H,23,26)/t17-,18-,19-/m0/s1. The second kappa shape index (κ2) is 11.2. The Balaban J connectivity index is 2.16. The van der Waals surface area contributed by atoms with E-state index in [1.807, 2.05) is 44.2 Å². The van der Waals surface area contributed by atoms with Gasteiger partial charge in [0.05, 0.1) is 12.4 Å². The summed E-state index contributed by atoms with van der Waals surface area (Å²) in [7, 11) is 1.30. The Morgan fingerprint density at radius 1 is 1.20 bits per heavy atom. The first kappa shape index (κ1) is 23.9. The second-order valence-electron chi connectivity index (χ2n) is 7.73. The lowest BCUT2D eigenvalue weighted by molar-refractivity contribution is -0.152. The van der Waals surface area contributed by atoms with Crippen LogP contribution in [0.5, 0.6) is 0 Å². The van der Waals surface area contributed by atoms with Gasteiger partial charge in [0.25, 0.3) is 0 Å². The van der Waals surface area contributed by atoms with Crippen molar-refractivity contribution in [1.29, 1.82) is 0 Å². The van der Waals surface area contributed by atoms with Crippen molar-refractivity contribution < 1.29 is 23.9 Å². The smallest absolute Gasteiger partial charge is 0.328 e. The predicted octanol–water partition coefficient (Wildman–Crippen LogP) is 2.18. The third-order valence-corrected chi connectivity index (χ3v) is 6.10. The number of likely N-dealkylation sites (tertiary alicyclic amines) is 1. The predicted molar refractivity (Wildman–Crippen MR) is 116 cm³/mol. The summed E-state index contributed by atoms with van der Waals surface area (Å²) in [5.41, 5.74) is 0.934. The Morgan fingerprint density at radius 2 is 1.87 bits per heavy atom. The molecule has 0 saturated carbocycles. The molecule has 1 aromatic rings. The number of amides is 2. The van der Waals surface area contributed by atoms with Crippen molar-refractivity contribution in [2.75, 3.05) is 13.7 Å². The normalized spacial score (nSPS) is 18.0. The van der Waals surface area contributed by atoms with E-state index in [2.05, 4.69) is 5.32 Å². The van der Waals surface area contributed by atoms with E-state index in [4.69, 9.17) is 4.74 Å². The van der Waals surface area contributed by atoms with E-state index in [9.17, 15) is 19.2 Å². The molecule has 164 valence electrons. The first-order chi connectivity index (χ1) is 14.2. The number of hydrogen-bond donors (Lipinski definition) is 1. The second-order valence-corrected chi connectivity index (χ2v) is 9.11. The number of carbonyl (C=O) groups is 4. The van der Waals surface area contributed by atoms with Gasteiger partial charge in [0.1, 0.15) is 12.1 Å². The minimum absolute atomic E-state index is 0.163. The van der Waals surface area contributed by atoms with Crippen LogP contribution in [-0.4, -0.2) is 58.8 Å². The van der Waals surface area contributed by atoms with Crippen molar-refractivity contribution in [1.82, 2.24) is 10.2 Å². The first-order valence-electron chi connectivity index (χ1n) is 10.1. The van der Waals surface area contributed by atoms with Gasteiger partial charge in [-0.25, -0.2) is 4.79 Å². The summed E-state index contributed by atoms with van der Waals surface area (Å²) in [6.45, 7) is 5.56. The number of esters is 1. The SMILES string of the molecule is COC(=O)[C@@H]1CCCN1C(=O)[C@@H](NC(=O)[C@H](Cc1ccccc1)SC(C)=O)C(C)C. The number of nitrogens with zero attached hydrogens (tertiary/aromatic N) is 1. The zero-order valence-corrected chi connectivity index (χ0v) is 18.7. The van der Waals surface area contributed by atoms with Crippen LogP contribution in [0.2, 0.25) is 0 Å². The van der Waals surface area contributed by atoms with E-state index in [1.165, 1.54) is 18.9 Å². The van der Waals surface area contributed by atoms with Gasteiger partial charge in [0, 0.05) is 13.5 Å². The highest BCUT2D eigenvalue weighted by atomic mass is 32.2. The highest BCUT2D eigenvalue weighted by Crippen LogP contribution is 2.22. The average Bonchev–Trinajstić information content (AvgIpc) is 3.20. The van der Waals surface area contributed by atoms with Gasteiger partial charge in [-0.3, -0.25) is 14.4 Å². The van der Waals surface area contributed by atoms with Crippen LogP contribution in [0.25, 0.3) is 0 Å². The van der Waals surface area contributed by atoms with Gasteiger partial charge in [-0.15, -0.1) is 0 Å². The van der Waals surface area contributed by atoms with Gasteiger partial charge in [-0.05, 0) is 30.7 Å². The molecular weight excluding hydrogens is 404 g/mol. The van der Waals surface area contributed by atoms with Crippen molar-refractivity contribution in [3.05, 3.63) is 35.9 Å². The third-order valence-electron chi connectivity index (χ3n) is 5.10. The van der Waals surface area contributed by atoms with E-state index in [-0.39, 0.29) is 22.8 Å². The van der Waals surface area contributed by atoms with E-state index in [0.29, 0.717) is 25.8 Å². The molecule has 30 heavy (non-hydrogen) atoms. The Hall–Kier alpha value is -2.35. The molecule has 1 aromatic carbocycles. The van der Waals surface area contributed by atoms with Gasteiger partial charge in [-0.1, -0.05) is 55.9 Å². The fourth-order valence-electron chi connectivity index (χ4n) is 3.57. The van der Waals surface area contributed by atoms with Crippen LogP contribution in [0.4, 0.5) is 0 Å². The van der Waals surface area contributed by atoms with Crippen LogP contribution >= 0.6 is 11.8 Å². The number of methoxy groups -OCH3 is 1. The minimum atomic E-state index is -0.784. The molecule has 0 aromatic heterocycles. The summed E-state index contributed by atoms with van der Waals surface area (Å²) in [4.78, 5) is 51.5. The minimum Gasteiger partial charge on any atom is -0.467 e. The van der Waals surface area contributed by atoms with Crippen LogP contribution in [0.3, 0.4) is 0 Å². The van der Waals surface area contributed by atoms with E-state index in [1.54, 1.807) is 0 Å². The molecule has 1 heterocycles. The van der Waals surface area contributed by atoms with Gasteiger partial charge >= 0.3 is 5.97 Å². The van der Waals surface area contributed by atoms with E-state index < -0.39 is 23.3 Å². The lowest BCUT2D eigenvalue weighted by atomic mass is 10.0. The molecule has 3 atom stereocenters. The van der Waals surface area contributed by atoms with Crippen molar-refractivity contribution >= 4 is 34.7 Å². The molecule has 0 spiro atoms. The lowest BCUT2D eigenvalue weighted by Gasteiger charge is -2.30. The highest BCUT2D eigenvalue weighted by molar-refractivity contribution is 8.14. The number of hydrogen-bond acceptors (Lipinski definition) is 6. The molecule has 1 fully saturated rings. The van der Waals surface area contributed by atoms with Crippen molar-refractivity contribution in [2.24, 2.45) is 5.92 Å². The van der Waals surface area contributed by atoms with Gasteiger partial charge in [-0.2, -0.15) is 0 Å². The topological polar surface area (TPSA) is 92.8 Å². The Morgan fingerprint density at radius 3 is 2.43 bits per heavy atom. The molecule has 1 aliphatic rings. The summed E-state index contributed by atoms with van der Waals surface area (Å²) in [5, 5.41) is 2.03. The molecule has 1 N–H and O–H groups in total. The molecule has 7 nitrogen and oxygen atoms in total. The summed E-state index contributed by atoms with van der Waals surface area (Å²) in [6, 6.07) is 8.04. The van der Waals surface area contributed by atoms with Crippen LogP contribution in [0.15, 0.2) is 30.3 Å². The largest absolute Gasteiger partial charge is 0.467 e. The maximum Gasteiger partial charge on any atom is 0.328 e. The summed E-state index contributed by atoms with van der Waals surface area (Å²) < 4.78 is 4.82. The summed E-state index contributed by atoms with van der Waals surface area (Å²) in [6.07, 6.45) is 1.64. The van der Waals surface area contributed by atoms with Gasteiger partial charge in [0.2, 0.25) is 11.8 Å². The van der Waals surface area contributed by atoms with Crippen molar-refractivity contribution in [3.63, 3.8) is 0 Å². The quantitative estimate of drug-likeness (QED) is 0.631. The van der Waals surface area contributed by atoms with E-state index >= 15 is 0 Å². The Kier molecular flexibility index (Phi) is 8.89. The molecule has 2 rings (SSSR count). The molecule has 1 saturated heterocycles. The number of nitrogens with one attached hydrogen (secondary N) is 1. The van der Waals surface area contributed by atoms with Crippen LogP contribution in [-0.2, 0) is 30.3 Å². The number of carbonyl (C=O) groups excluding carboxylic acids is 4. The first-order valence-corrected chi connectivity index (χ1v) is 11.0. The molecule has 0 bridgehead atoms. The molecule has 8 heteroatoms. The summed E-state index contributed by atoms with van der Waals surface area (Å²) >= 11 is 0.959. The molecule has 1 aliphatic heterocycles. The molecule has 0 unspecified atom stereocenters. The van der Waals surface area contributed by atoms with Gasteiger partial charge in [0.15, 0.2) is 5.12 Å².